The monoisotopic (exact) mass is 266 g/mol. The average Bonchev–Trinajstić information content (AvgIpc) is 2.76. The molecule has 0 aliphatic heterocycles. The molecule has 2 heteroatoms. The smallest absolute Gasteiger partial charge is 0.140 e. The molecule has 1 rings (SSSR count). The van der Waals surface area contributed by atoms with Crippen molar-refractivity contribution in [3.05, 3.63) is 79.5 Å². The molecule has 0 N–H and O–H groups in total. The molecule has 1 aromatic rings. The Labute approximate surface area is 121 Å². The summed E-state index contributed by atoms with van der Waals surface area (Å²) in [5, 5.41) is 0. The number of hydrogen-bond donors (Lipinski definition) is 0. The second kappa shape index (κ2) is 7.95. The average molecular weight is 266 g/mol. The lowest BCUT2D eigenvalue weighted by Gasteiger charge is -2.05. The molecule has 0 aromatic carbocycles. The van der Waals surface area contributed by atoms with E-state index in [4.69, 9.17) is 0 Å². The van der Waals surface area contributed by atoms with Gasteiger partial charge < -0.3 is 4.57 Å². The van der Waals surface area contributed by atoms with Gasteiger partial charge in [0.15, 0.2) is 0 Å². The van der Waals surface area contributed by atoms with E-state index in [1.807, 2.05) is 38.3 Å². The Hall–Kier alpha value is -2.35. The summed E-state index contributed by atoms with van der Waals surface area (Å²) in [4.78, 5) is 4.66. The van der Waals surface area contributed by atoms with Gasteiger partial charge in [-0.1, -0.05) is 62.3 Å². The van der Waals surface area contributed by atoms with E-state index in [2.05, 4.69) is 35.4 Å². The second-order valence-corrected chi connectivity index (χ2v) is 4.26. The van der Waals surface area contributed by atoms with Gasteiger partial charge in [-0.25, -0.2) is 4.98 Å². The molecule has 2 nitrogen and oxygen atoms in total. The van der Waals surface area contributed by atoms with Gasteiger partial charge >= 0.3 is 0 Å². The number of nitrogens with zero attached hydrogens (tertiary/aromatic N) is 2. The highest BCUT2D eigenvalue weighted by Gasteiger charge is 2.13. The minimum atomic E-state index is 0.800. The number of imidazole rings is 1. The van der Waals surface area contributed by atoms with Crippen LogP contribution in [0.3, 0.4) is 0 Å². The first-order valence-corrected chi connectivity index (χ1v) is 6.60. The topological polar surface area (TPSA) is 17.8 Å². The maximum Gasteiger partial charge on any atom is 0.140 e. The Kier molecular flexibility index (Phi) is 6.24. The predicted molar refractivity (Wildman–Crippen MR) is 89.3 cm³/mol. The van der Waals surface area contributed by atoms with E-state index < -0.39 is 0 Å². The lowest BCUT2D eigenvalue weighted by molar-refractivity contribution is 0.836. The molecular formula is C18H22N2. The van der Waals surface area contributed by atoms with Gasteiger partial charge in [0.25, 0.3) is 0 Å². The zero-order valence-electron chi connectivity index (χ0n) is 12.3. The summed E-state index contributed by atoms with van der Waals surface area (Å²) in [6.07, 6.45) is 16.1. The molecule has 0 saturated heterocycles. The van der Waals surface area contributed by atoms with Gasteiger partial charge in [0.2, 0.25) is 0 Å². The van der Waals surface area contributed by atoms with Crippen LogP contribution in [-0.2, 0) is 13.5 Å². The summed E-state index contributed by atoms with van der Waals surface area (Å²) in [6, 6.07) is 0. The quantitative estimate of drug-likeness (QED) is 0.665. The van der Waals surface area contributed by atoms with Crippen LogP contribution >= 0.6 is 0 Å². The first-order valence-electron chi connectivity index (χ1n) is 6.60. The van der Waals surface area contributed by atoms with Gasteiger partial charge in [-0.05, 0) is 13.0 Å². The Morgan fingerprint density at radius 2 is 2.00 bits per heavy atom. The third kappa shape index (κ3) is 3.58. The Bertz CT molecular complexity index is 581. The molecule has 0 aliphatic carbocycles. The summed E-state index contributed by atoms with van der Waals surface area (Å²) in [5.41, 5.74) is 3.08. The SMILES string of the molecule is C=C/C=C\Cc1c(C=C)nc(C(/C=C\C)=C/C=C)n1C. The van der Waals surface area contributed by atoms with Crippen molar-refractivity contribution in [2.45, 2.75) is 13.3 Å². The molecule has 0 saturated carbocycles. The van der Waals surface area contributed by atoms with Crippen molar-refractivity contribution in [1.82, 2.24) is 9.55 Å². The molecule has 0 bridgehead atoms. The summed E-state index contributed by atoms with van der Waals surface area (Å²) in [5.74, 6) is 0.917. The molecule has 0 unspecified atom stereocenters. The van der Waals surface area contributed by atoms with Crippen LogP contribution in [0.1, 0.15) is 24.1 Å². The molecule has 0 radical (unpaired) electrons. The Morgan fingerprint density at radius 3 is 2.55 bits per heavy atom. The largest absolute Gasteiger partial charge is 0.330 e. The van der Waals surface area contributed by atoms with E-state index in [1.165, 1.54) is 0 Å². The zero-order valence-corrected chi connectivity index (χ0v) is 12.3. The van der Waals surface area contributed by atoms with Crippen LogP contribution in [0.15, 0.2) is 62.3 Å². The first-order chi connectivity index (χ1) is 9.69. The molecule has 0 spiro atoms. The molecule has 0 atom stereocenters. The van der Waals surface area contributed by atoms with Gasteiger partial charge in [-0.15, -0.1) is 0 Å². The van der Waals surface area contributed by atoms with E-state index in [-0.39, 0.29) is 0 Å². The summed E-state index contributed by atoms with van der Waals surface area (Å²) in [7, 11) is 2.02. The lowest BCUT2D eigenvalue weighted by Crippen LogP contribution is -2.00. The first kappa shape index (κ1) is 15.7. The maximum atomic E-state index is 4.66. The highest BCUT2D eigenvalue weighted by molar-refractivity contribution is 5.72. The second-order valence-electron chi connectivity index (χ2n) is 4.26. The fourth-order valence-corrected chi connectivity index (χ4v) is 2.00. The summed E-state index contributed by atoms with van der Waals surface area (Å²) < 4.78 is 2.10. The van der Waals surface area contributed by atoms with Gasteiger partial charge in [-0.2, -0.15) is 0 Å². The lowest BCUT2D eigenvalue weighted by atomic mass is 10.2. The van der Waals surface area contributed by atoms with Gasteiger partial charge in [0, 0.05) is 24.7 Å². The van der Waals surface area contributed by atoms with Crippen molar-refractivity contribution in [2.75, 3.05) is 0 Å². The van der Waals surface area contributed by atoms with Crippen LogP contribution in [0, 0.1) is 0 Å². The summed E-state index contributed by atoms with van der Waals surface area (Å²) >= 11 is 0. The van der Waals surface area contributed by atoms with Crippen LogP contribution in [0.4, 0.5) is 0 Å². The maximum absolute atomic E-state index is 4.66. The van der Waals surface area contributed by atoms with E-state index in [0.717, 1.165) is 29.2 Å². The van der Waals surface area contributed by atoms with Crippen molar-refractivity contribution in [3.63, 3.8) is 0 Å². The highest BCUT2D eigenvalue weighted by atomic mass is 15.1. The number of aromatic nitrogens is 2. The van der Waals surface area contributed by atoms with Crippen LogP contribution in [0.2, 0.25) is 0 Å². The van der Waals surface area contributed by atoms with E-state index in [0.29, 0.717) is 0 Å². The molecule has 0 fully saturated rings. The van der Waals surface area contributed by atoms with Crippen molar-refractivity contribution in [3.8, 4) is 0 Å². The standard InChI is InChI=1S/C18H22N2/c1-6-10-11-14-17-16(9-4)19-18(20(17)5)15(12-7-2)13-8-3/h6-13H,1-2,4,14H2,3,5H3/b11-10-,13-8-,15-12+. The van der Waals surface area contributed by atoms with Crippen LogP contribution in [0.25, 0.3) is 11.6 Å². The third-order valence-electron chi connectivity index (χ3n) is 2.92. The van der Waals surface area contributed by atoms with Crippen LogP contribution in [-0.4, -0.2) is 9.55 Å². The van der Waals surface area contributed by atoms with E-state index >= 15 is 0 Å². The van der Waals surface area contributed by atoms with Gasteiger partial charge in [-0.3, -0.25) is 0 Å². The van der Waals surface area contributed by atoms with Crippen molar-refractivity contribution in [1.29, 1.82) is 0 Å². The summed E-state index contributed by atoms with van der Waals surface area (Å²) in [6.45, 7) is 13.3. The Morgan fingerprint density at radius 1 is 1.25 bits per heavy atom. The fraction of sp³-hybridized carbons (Fsp3) is 0.167. The van der Waals surface area contributed by atoms with E-state index in [1.54, 1.807) is 18.2 Å². The number of hydrogen-bond acceptors (Lipinski definition) is 1. The van der Waals surface area contributed by atoms with Crippen LogP contribution < -0.4 is 0 Å². The minimum Gasteiger partial charge on any atom is -0.330 e. The van der Waals surface area contributed by atoms with Crippen molar-refractivity contribution in [2.24, 2.45) is 7.05 Å². The van der Waals surface area contributed by atoms with Crippen molar-refractivity contribution >= 4 is 11.6 Å². The van der Waals surface area contributed by atoms with Crippen molar-refractivity contribution < 1.29 is 0 Å². The predicted octanol–water partition coefficient (Wildman–Crippen LogP) is 4.49. The Balaban J connectivity index is 3.32. The normalized spacial score (nSPS) is 12.2. The van der Waals surface area contributed by atoms with Crippen LogP contribution in [0.5, 0.6) is 0 Å². The molecule has 0 aliphatic rings. The highest BCUT2D eigenvalue weighted by Crippen LogP contribution is 2.20. The number of allylic oxidation sites excluding steroid dienone is 8. The molecule has 0 amide bonds. The zero-order chi connectivity index (χ0) is 15.0. The molecule has 1 aromatic heterocycles. The van der Waals surface area contributed by atoms with Gasteiger partial charge in [0.05, 0.1) is 5.69 Å². The number of rotatable bonds is 7. The molecule has 1 heterocycles. The minimum absolute atomic E-state index is 0.800. The third-order valence-corrected chi connectivity index (χ3v) is 2.92. The molecular weight excluding hydrogens is 244 g/mol. The molecule has 104 valence electrons. The fourth-order valence-electron chi connectivity index (χ4n) is 2.00. The van der Waals surface area contributed by atoms with E-state index in [9.17, 15) is 0 Å². The molecule has 20 heavy (non-hydrogen) atoms. The van der Waals surface area contributed by atoms with Gasteiger partial charge in [0.1, 0.15) is 5.82 Å².